The molecule has 0 spiro atoms. The van der Waals surface area contributed by atoms with Gasteiger partial charge >= 0.3 is 5.97 Å². The minimum absolute atomic E-state index is 0.0891. The molecule has 0 saturated carbocycles. The van der Waals surface area contributed by atoms with Crippen molar-refractivity contribution >= 4 is 5.97 Å². The highest BCUT2D eigenvalue weighted by molar-refractivity contribution is 5.87. The normalized spacial score (nSPS) is 11.4. The summed E-state index contributed by atoms with van der Waals surface area (Å²) in [5, 5.41) is 16.3. The average molecular weight is 194 g/mol. The van der Waals surface area contributed by atoms with Crippen LogP contribution in [0.25, 0.3) is 0 Å². The standard InChI is InChI=1S/C10H14N2O2/c1-10(2,3)5-8-4-7(9(13)14)6-11-12-8/h4,6H,5H2,1-3H3,(H,13,14). The van der Waals surface area contributed by atoms with Crippen LogP contribution < -0.4 is 0 Å². The fraction of sp³-hybridized carbons (Fsp3) is 0.500. The smallest absolute Gasteiger partial charge is 0.337 e. The molecule has 0 atom stereocenters. The van der Waals surface area contributed by atoms with Crippen molar-refractivity contribution in [3.63, 3.8) is 0 Å². The maximum Gasteiger partial charge on any atom is 0.337 e. The summed E-state index contributed by atoms with van der Waals surface area (Å²) in [5.74, 6) is -0.963. The number of carbonyl (C=O) groups is 1. The third-order valence-corrected chi connectivity index (χ3v) is 1.66. The molecule has 0 aromatic carbocycles. The first-order valence-corrected chi connectivity index (χ1v) is 4.43. The highest BCUT2D eigenvalue weighted by atomic mass is 16.4. The van der Waals surface area contributed by atoms with Crippen molar-refractivity contribution in [1.82, 2.24) is 10.2 Å². The van der Waals surface area contributed by atoms with E-state index in [1.165, 1.54) is 6.20 Å². The lowest BCUT2D eigenvalue weighted by Gasteiger charge is -2.16. The summed E-state index contributed by atoms with van der Waals surface area (Å²) < 4.78 is 0. The van der Waals surface area contributed by atoms with Gasteiger partial charge in [0, 0.05) is 0 Å². The Hall–Kier alpha value is -1.45. The highest BCUT2D eigenvalue weighted by Crippen LogP contribution is 2.19. The molecule has 1 heterocycles. The number of rotatable bonds is 2. The van der Waals surface area contributed by atoms with Gasteiger partial charge in [0.15, 0.2) is 0 Å². The van der Waals surface area contributed by atoms with Crippen molar-refractivity contribution in [2.24, 2.45) is 5.41 Å². The maximum absolute atomic E-state index is 10.7. The molecule has 0 bridgehead atoms. The zero-order valence-corrected chi connectivity index (χ0v) is 8.61. The number of nitrogens with zero attached hydrogens (tertiary/aromatic N) is 2. The third-order valence-electron chi connectivity index (χ3n) is 1.66. The van der Waals surface area contributed by atoms with Crippen LogP contribution in [0, 0.1) is 5.41 Å². The van der Waals surface area contributed by atoms with E-state index in [1.54, 1.807) is 6.07 Å². The predicted octanol–water partition coefficient (Wildman–Crippen LogP) is 1.76. The van der Waals surface area contributed by atoms with Gasteiger partial charge in [-0.25, -0.2) is 4.79 Å². The second-order valence-electron chi connectivity index (χ2n) is 4.48. The van der Waals surface area contributed by atoms with Gasteiger partial charge in [0.2, 0.25) is 0 Å². The molecule has 1 N–H and O–H groups in total. The molecule has 0 aliphatic heterocycles. The number of carboxylic acids is 1. The lowest BCUT2D eigenvalue weighted by Crippen LogP contribution is -2.12. The van der Waals surface area contributed by atoms with E-state index in [0.29, 0.717) is 0 Å². The molecule has 0 amide bonds. The van der Waals surface area contributed by atoms with E-state index in [1.807, 2.05) is 0 Å². The molecule has 4 nitrogen and oxygen atoms in total. The predicted molar refractivity (Wildman–Crippen MR) is 52.2 cm³/mol. The number of aromatic carboxylic acids is 1. The van der Waals surface area contributed by atoms with Crippen LogP contribution in [0.4, 0.5) is 0 Å². The molecular formula is C10H14N2O2. The second-order valence-corrected chi connectivity index (χ2v) is 4.48. The molecule has 1 aromatic rings. The first-order valence-electron chi connectivity index (χ1n) is 4.43. The Morgan fingerprint density at radius 1 is 1.50 bits per heavy atom. The van der Waals surface area contributed by atoms with Crippen LogP contribution in [0.15, 0.2) is 12.3 Å². The largest absolute Gasteiger partial charge is 0.478 e. The van der Waals surface area contributed by atoms with E-state index in [9.17, 15) is 4.79 Å². The maximum atomic E-state index is 10.7. The molecular weight excluding hydrogens is 180 g/mol. The van der Waals surface area contributed by atoms with E-state index >= 15 is 0 Å². The van der Waals surface area contributed by atoms with E-state index in [2.05, 4.69) is 31.0 Å². The van der Waals surface area contributed by atoms with Crippen molar-refractivity contribution in [1.29, 1.82) is 0 Å². The fourth-order valence-corrected chi connectivity index (χ4v) is 1.16. The van der Waals surface area contributed by atoms with Crippen LogP contribution in [-0.4, -0.2) is 21.3 Å². The Labute approximate surface area is 83.0 Å². The van der Waals surface area contributed by atoms with E-state index in [4.69, 9.17) is 5.11 Å². The van der Waals surface area contributed by atoms with Gasteiger partial charge in [0.05, 0.1) is 17.5 Å². The Bertz CT molecular complexity index is 342. The average Bonchev–Trinajstić information content (AvgIpc) is 2.01. The molecule has 1 aromatic heterocycles. The fourth-order valence-electron chi connectivity index (χ4n) is 1.16. The second kappa shape index (κ2) is 3.74. The third kappa shape index (κ3) is 3.12. The summed E-state index contributed by atoms with van der Waals surface area (Å²) in [5.41, 5.74) is 1.00. The van der Waals surface area contributed by atoms with Gasteiger partial charge in [-0.3, -0.25) is 0 Å². The molecule has 0 radical (unpaired) electrons. The number of hydrogen-bond donors (Lipinski definition) is 1. The summed E-state index contributed by atoms with van der Waals surface area (Å²) in [4.78, 5) is 10.7. The lowest BCUT2D eigenvalue weighted by molar-refractivity contribution is 0.0696. The molecule has 0 aliphatic carbocycles. The zero-order valence-electron chi connectivity index (χ0n) is 8.61. The monoisotopic (exact) mass is 194 g/mol. The van der Waals surface area contributed by atoms with Crippen molar-refractivity contribution in [2.45, 2.75) is 27.2 Å². The minimum Gasteiger partial charge on any atom is -0.478 e. The Kier molecular flexibility index (Phi) is 2.84. The molecule has 0 unspecified atom stereocenters. The minimum atomic E-state index is -0.963. The van der Waals surface area contributed by atoms with E-state index in [-0.39, 0.29) is 11.0 Å². The Morgan fingerprint density at radius 3 is 2.64 bits per heavy atom. The van der Waals surface area contributed by atoms with Gasteiger partial charge in [-0.2, -0.15) is 10.2 Å². The van der Waals surface area contributed by atoms with Crippen molar-refractivity contribution < 1.29 is 9.90 Å². The van der Waals surface area contributed by atoms with Crippen LogP contribution in [0.3, 0.4) is 0 Å². The number of aromatic nitrogens is 2. The van der Waals surface area contributed by atoms with E-state index in [0.717, 1.165) is 12.1 Å². The zero-order chi connectivity index (χ0) is 10.8. The molecule has 0 saturated heterocycles. The molecule has 14 heavy (non-hydrogen) atoms. The Morgan fingerprint density at radius 2 is 2.14 bits per heavy atom. The Balaban J connectivity index is 2.89. The summed E-state index contributed by atoms with van der Waals surface area (Å²) in [6.07, 6.45) is 1.98. The van der Waals surface area contributed by atoms with Crippen molar-refractivity contribution in [3.05, 3.63) is 23.5 Å². The molecule has 0 aliphatic rings. The molecule has 0 fully saturated rings. The molecule has 4 heteroatoms. The van der Waals surface area contributed by atoms with Crippen LogP contribution in [0.1, 0.15) is 36.8 Å². The van der Waals surface area contributed by atoms with Gasteiger partial charge in [0.1, 0.15) is 0 Å². The molecule has 76 valence electrons. The summed E-state index contributed by atoms with van der Waals surface area (Å²) in [6.45, 7) is 6.21. The SMILES string of the molecule is CC(C)(C)Cc1cc(C(=O)O)cnn1. The van der Waals surface area contributed by atoms with Crippen LogP contribution in [0.5, 0.6) is 0 Å². The number of carboxylic acid groups (broad SMARTS) is 1. The van der Waals surface area contributed by atoms with Crippen LogP contribution >= 0.6 is 0 Å². The van der Waals surface area contributed by atoms with Crippen molar-refractivity contribution in [3.8, 4) is 0 Å². The van der Waals surface area contributed by atoms with E-state index < -0.39 is 5.97 Å². The van der Waals surface area contributed by atoms with Gasteiger partial charge in [-0.05, 0) is 17.9 Å². The lowest BCUT2D eigenvalue weighted by atomic mass is 9.90. The summed E-state index contributed by atoms with van der Waals surface area (Å²) >= 11 is 0. The van der Waals surface area contributed by atoms with Gasteiger partial charge in [0.25, 0.3) is 0 Å². The first kappa shape index (κ1) is 10.6. The topological polar surface area (TPSA) is 63.1 Å². The van der Waals surface area contributed by atoms with Crippen LogP contribution in [-0.2, 0) is 6.42 Å². The highest BCUT2D eigenvalue weighted by Gasteiger charge is 2.14. The van der Waals surface area contributed by atoms with Gasteiger partial charge in [-0.15, -0.1) is 0 Å². The quantitative estimate of drug-likeness (QED) is 0.779. The van der Waals surface area contributed by atoms with Crippen molar-refractivity contribution in [2.75, 3.05) is 0 Å². The summed E-state index contributed by atoms with van der Waals surface area (Å²) in [7, 11) is 0. The number of hydrogen-bond acceptors (Lipinski definition) is 3. The first-order chi connectivity index (χ1) is 6.38. The van der Waals surface area contributed by atoms with Gasteiger partial charge in [-0.1, -0.05) is 20.8 Å². The van der Waals surface area contributed by atoms with Gasteiger partial charge < -0.3 is 5.11 Å². The summed E-state index contributed by atoms with van der Waals surface area (Å²) in [6, 6.07) is 1.57. The van der Waals surface area contributed by atoms with Crippen LogP contribution in [0.2, 0.25) is 0 Å². The molecule has 1 rings (SSSR count).